The topological polar surface area (TPSA) is 84.7 Å². The summed E-state index contributed by atoms with van der Waals surface area (Å²) in [6.07, 6.45) is -0.373. The lowest BCUT2D eigenvalue weighted by molar-refractivity contribution is -0.384. The minimum Gasteiger partial charge on any atom is -0.444 e. The molecule has 0 aliphatic rings. The van der Waals surface area contributed by atoms with Crippen LogP contribution in [0.1, 0.15) is 39.3 Å². The highest BCUT2D eigenvalue weighted by Crippen LogP contribution is 2.18. The normalized spacial score (nSPS) is 12.6. The van der Waals surface area contributed by atoms with Gasteiger partial charge in [-0.25, -0.2) is 4.79 Å². The molecule has 1 atom stereocenters. The van der Waals surface area contributed by atoms with E-state index in [-0.39, 0.29) is 17.8 Å². The molecule has 7 heteroatoms. The molecule has 0 radical (unpaired) electrons. The smallest absolute Gasteiger partial charge is 0.410 e. The Balaban J connectivity index is 2.47. The van der Waals surface area contributed by atoms with Crippen LogP contribution in [0.3, 0.4) is 0 Å². The van der Waals surface area contributed by atoms with Crippen molar-refractivity contribution in [3.8, 4) is 0 Å². The van der Waals surface area contributed by atoms with E-state index in [4.69, 9.17) is 4.74 Å². The number of carbonyl (C=O) groups is 1. The second kappa shape index (κ2) is 7.92. The molecule has 23 heavy (non-hydrogen) atoms. The zero-order valence-corrected chi connectivity index (χ0v) is 14.3. The van der Waals surface area contributed by atoms with Crippen molar-refractivity contribution < 1.29 is 14.5 Å². The van der Waals surface area contributed by atoms with Crippen molar-refractivity contribution in [1.29, 1.82) is 0 Å². The Bertz CT molecular complexity index is 555. The third-order valence-corrected chi connectivity index (χ3v) is 3.18. The van der Waals surface area contributed by atoms with Crippen LogP contribution in [0.5, 0.6) is 0 Å². The average Bonchev–Trinajstić information content (AvgIpc) is 2.45. The van der Waals surface area contributed by atoms with E-state index in [0.717, 1.165) is 5.56 Å². The molecule has 0 fully saturated rings. The fraction of sp³-hybridized carbons (Fsp3) is 0.562. The van der Waals surface area contributed by atoms with Gasteiger partial charge in [0.2, 0.25) is 0 Å². The van der Waals surface area contributed by atoms with Gasteiger partial charge in [-0.1, -0.05) is 12.1 Å². The van der Waals surface area contributed by atoms with Crippen LogP contribution < -0.4 is 5.32 Å². The van der Waals surface area contributed by atoms with Crippen molar-refractivity contribution >= 4 is 11.8 Å². The molecule has 1 N–H and O–H groups in total. The SMILES string of the molecule is CC(NCCN(C)C(=O)OC(C)(C)C)c1cccc([N+](=O)[O-])c1. The number of non-ortho nitro benzene ring substituents is 1. The number of carbonyl (C=O) groups excluding carboxylic acids is 1. The molecule has 1 aromatic rings. The van der Waals surface area contributed by atoms with Crippen LogP contribution in [0.4, 0.5) is 10.5 Å². The molecule has 0 spiro atoms. The highest BCUT2D eigenvalue weighted by atomic mass is 16.6. The van der Waals surface area contributed by atoms with Crippen LogP contribution in [0, 0.1) is 10.1 Å². The maximum Gasteiger partial charge on any atom is 0.410 e. The van der Waals surface area contributed by atoms with Gasteiger partial charge in [-0.3, -0.25) is 10.1 Å². The molecular formula is C16H25N3O4. The number of likely N-dealkylation sites (N-methyl/N-ethyl adjacent to an activating group) is 1. The monoisotopic (exact) mass is 323 g/mol. The van der Waals surface area contributed by atoms with Crippen molar-refractivity contribution in [2.24, 2.45) is 0 Å². The first kappa shape index (κ1) is 18.9. The molecule has 0 bridgehead atoms. The standard InChI is InChI=1S/C16H25N3O4/c1-12(13-7-6-8-14(11-13)19(21)22)17-9-10-18(5)15(20)23-16(2,3)4/h6-8,11-12,17H,9-10H2,1-5H3. The number of nitro groups is 1. The summed E-state index contributed by atoms with van der Waals surface area (Å²) in [5, 5.41) is 14.0. The lowest BCUT2D eigenvalue weighted by Gasteiger charge is -2.25. The number of benzene rings is 1. The largest absolute Gasteiger partial charge is 0.444 e. The summed E-state index contributed by atoms with van der Waals surface area (Å²) in [6, 6.07) is 6.46. The first-order valence-electron chi connectivity index (χ1n) is 7.52. The Kier molecular flexibility index (Phi) is 6.50. The highest BCUT2D eigenvalue weighted by molar-refractivity contribution is 5.67. The van der Waals surface area contributed by atoms with E-state index in [1.165, 1.54) is 11.0 Å². The molecule has 1 aromatic carbocycles. The quantitative estimate of drug-likeness (QED) is 0.642. The minimum atomic E-state index is -0.519. The van der Waals surface area contributed by atoms with Crippen LogP contribution >= 0.6 is 0 Å². The molecule has 0 aliphatic carbocycles. The van der Waals surface area contributed by atoms with Gasteiger partial charge in [0.15, 0.2) is 0 Å². The molecule has 0 heterocycles. The lowest BCUT2D eigenvalue weighted by Crippen LogP contribution is -2.38. The van der Waals surface area contributed by atoms with E-state index in [2.05, 4.69) is 5.32 Å². The minimum absolute atomic E-state index is 0.0538. The van der Waals surface area contributed by atoms with Crippen LogP contribution in [0.15, 0.2) is 24.3 Å². The summed E-state index contributed by atoms with van der Waals surface area (Å²) in [6.45, 7) is 8.42. The molecule has 1 rings (SSSR count). The number of rotatable bonds is 6. The maximum absolute atomic E-state index is 11.8. The Morgan fingerprint density at radius 2 is 2.09 bits per heavy atom. The number of amides is 1. The Labute approximate surface area is 136 Å². The van der Waals surface area contributed by atoms with Gasteiger partial charge in [0.1, 0.15) is 5.60 Å². The fourth-order valence-corrected chi connectivity index (χ4v) is 1.91. The van der Waals surface area contributed by atoms with Crippen molar-refractivity contribution in [2.45, 2.75) is 39.3 Å². The Morgan fingerprint density at radius 1 is 1.43 bits per heavy atom. The second-order valence-electron chi connectivity index (χ2n) is 6.43. The first-order chi connectivity index (χ1) is 10.6. The Hall–Kier alpha value is -2.15. The number of hydrogen-bond acceptors (Lipinski definition) is 5. The van der Waals surface area contributed by atoms with Crippen molar-refractivity contribution in [2.75, 3.05) is 20.1 Å². The van der Waals surface area contributed by atoms with Crippen LogP contribution in [-0.2, 0) is 4.74 Å². The van der Waals surface area contributed by atoms with Crippen molar-refractivity contribution in [3.05, 3.63) is 39.9 Å². The van der Waals surface area contributed by atoms with Gasteiger partial charge < -0.3 is 15.0 Å². The van der Waals surface area contributed by atoms with Gasteiger partial charge in [-0.2, -0.15) is 0 Å². The maximum atomic E-state index is 11.8. The molecule has 0 aromatic heterocycles. The predicted molar refractivity (Wildman–Crippen MR) is 88.4 cm³/mol. The molecule has 0 saturated heterocycles. The van der Waals surface area contributed by atoms with Gasteiger partial charge in [-0.15, -0.1) is 0 Å². The number of nitrogens with zero attached hydrogens (tertiary/aromatic N) is 2. The number of hydrogen-bond donors (Lipinski definition) is 1. The summed E-state index contributed by atoms with van der Waals surface area (Å²) in [5.74, 6) is 0. The number of nitro benzene ring substituents is 1. The van der Waals surface area contributed by atoms with Gasteiger partial charge in [0, 0.05) is 38.3 Å². The van der Waals surface area contributed by atoms with E-state index in [9.17, 15) is 14.9 Å². The molecule has 7 nitrogen and oxygen atoms in total. The Morgan fingerprint density at radius 3 is 2.65 bits per heavy atom. The highest BCUT2D eigenvalue weighted by Gasteiger charge is 2.19. The molecular weight excluding hydrogens is 298 g/mol. The molecule has 1 unspecified atom stereocenters. The molecule has 1 amide bonds. The summed E-state index contributed by atoms with van der Waals surface area (Å²) < 4.78 is 5.27. The van der Waals surface area contributed by atoms with Gasteiger partial charge in [0.25, 0.3) is 5.69 Å². The fourth-order valence-electron chi connectivity index (χ4n) is 1.91. The lowest BCUT2D eigenvalue weighted by atomic mass is 10.1. The summed E-state index contributed by atoms with van der Waals surface area (Å²) in [5.41, 5.74) is 0.385. The van der Waals surface area contributed by atoms with Crippen molar-refractivity contribution in [3.63, 3.8) is 0 Å². The zero-order chi connectivity index (χ0) is 17.6. The second-order valence-corrected chi connectivity index (χ2v) is 6.43. The van der Waals surface area contributed by atoms with Crippen molar-refractivity contribution in [1.82, 2.24) is 10.2 Å². The summed E-state index contributed by atoms with van der Waals surface area (Å²) in [4.78, 5) is 23.7. The molecule has 128 valence electrons. The van der Waals surface area contributed by atoms with E-state index in [1.807, 2.05) is 33.8 Å². The van der Waals surface area contributed by atoms with E-state index in [0.29, 0.717) is 13.1 Å². The first-order valence-corrected chi connectivity index (χ1v) is 7.52. The number of ether oxygens (including phenoxy) is 1. The predicted octanol–water partition coefficient (Wildman–Crippen LogP) is 3.11. The van der Waals surface area contributed by atoms with Gasteiger partial charge in [0.05, 0.1) is 4.92 Å². The van der Waals surface area contributed by atoms with Crippen LogP contribution in [-0.4, -0.2) is 41.7 Å². The third-order valence-electron chi connectivity index (χ3n) is 3.18. The van der Waals surface area contributed by atoms with E-state index < -0.39 is 10.5 Å². The summed E-state index contributed by atoms with van der Waals surface area (Å²) in [7, 11) is 1.67. The summed E-state index contributed by atoms with van der Waals surface area (Å²) >= 11 is 0. The van der Waals surface area contributed by atoms with E-state index >= 15 is 0 Å². The van der Waals surface area contributed by atoms with Crippen LogP contribution in [0.25, 0.3) is 0 Å². The number of nitrogens with one attached hydrogen (secondary N) is 1. The van der Waals surface area contributed by atoms with Crippen LogP contribution in [0.2, 0.25) is 0 Å². The average molecular weight is 323 g/mol. The van der Waals surface area contributed by atoms with E-state index in [1.54, 1.807) is 19.2 Å². The van der Waals surface area contributed by atoms with Gasteiger partial charge >= 0.3 is 6.09 Å². The third kappa shape index (κ3) is 6.65. The zero-order valence-electron chi connectivity index (χ0n) is 14.3. The molecule has 0 aliphatic heterocycles. The van der Waals surface area contributed by atoms with Gasteiger partial charge in [-0.05, 0) is 33.3 Å². The molecule has 0 saturated carbocycles.